The van der Waals surface area contributed by atoms with Crippen LogP contribution in [0.4, 0.5) is 0 Å². The number of hydrogen-bond donors (Lipinski definition) is 2. The molecule has 0 saturated carbocycles. The first-order valence-electron chi connectivity index (χ1n) is 12.5. The van der Waals surface area contributed by atoms with E-state index in [4.69, 9.17) is 15.2 Å². The van der Waals surface area contributed by atoms with Crippen LogP contribution in [0.1, 0.15) is 29.0 Å². The number of thioether (sulfide) groups is 1. The lowest BCUT2D eigenvalue weighted by Crippen LogP contribution is -2.84. The van der Waals surface area contributed by atoms with Gasteiger partial charge < -0.3 is 14.8 Å². The van der Waals surface area contributed by atoms with Crippen LogP contribution in [0.3, 0.4) is 0 Å². The van der Waals surface area contributed by atoms with Crippen LogP contribution < -0.4 is 11.1 Å². The maximum absolute atomic E-state index is 13.8. The Balaban J connectivity index is 1.43. The third kappa shape index (κ3) is 5.53. The number of carbonyl (C=O) groups excluding carboxylic acids is 4. The molecule has 0 unspecified atom stereocenters. The maximum atomic E-state index is 13.8. The Kier molecular flexibility index (Phi) is 8.06. The maximum Gasteiger partial charge on any atom is 0.356 e. The van der Waals surface area contributed by atoms with Gasteiger partial charge in [0.1, 0.15) is 17.7 Å². The van der Waals surface area contributed by atoms with Crippen LogP contribution in [0.15, 0.2) is 89.4 Å². The molecule has 9 nitrogen and oxygen atoms in total. The van der Waals surface area contributed by atoms with E-state index in [-0.39, 0.29) is 24.5 Å². The third-order valence-electron chi connectivity index (χ3n) is 6.52. The van der Waals surface area contributed by atoms with Gasteiger partial charge in [-0.3, -0.25) is 25.0 Å². The molecule has 11 heteroatoms. The molecular weight excluding hydrogens is 550 g/mol. The minimum absolute atomic E-state index is 0.0274. The highest BCUT2D eigenvalue weighted by Crippen LogP contribution is 2.45. The molecule has 0 spiro atoms. The van der Waals surface area contributed by atoms with Gasteiger partial charge in [0.05, 0.1) is 6.42 Å². The van der Waals surface area contributed by atoms with Gasteiger partial charge in [-0.1, -0.05) is 66.7 Å². The summed E-state index contributed by atoms with van der Waals surface area (Å²) >= 11 is 2.71. The summed E-state index contributed by atoms with van der Waals surface area (Å²) in [5, 5.41) is 3.78. The number of esters is 2. The monoisotopic (exact) mass is 577 g/mol. The number of nitrogens with zero attached hydrogens (tertiary/aromatic N) is 1. The van der Waals surface area contributed by atoms with Crippen molar-refractivity contribution < 1.29 is 28.7 Å². The van der Waals surface area contributed by atoms with Crippen molar-refractivity contribution in [3.8, 4) is 0 Å². The molecule has 206 valence electrons. The molecule has 5 rings (SSSR count). The number of nitrogens with one attached hydrogen (secondary N) is 1. The van der Waals surface area contributed by atoms with Gasteiger partial charge in [-0.05, 0) is 22.6 Å². The van der Waals surface area contributed by atoms with Gasteiger partial charge in [0.15, 0.2) is 6.10 Å². The minimum atomic E-state index is -1.70. The number of hydrogen-bond acceptors (Lipinski definition) is 9. The first kappa shape index (κ1) is 27.6. The van der Waals surface area contributed by atoms with Gasteiger partial charge in [0, 0.05) is 23.1 Å². The number of fused-ring (bicyclic) bond motifs is 1. The van der Waals surface area contributed by atoms with E-state index < -0.39 is 40.9 Å². The Hall–Kier alpha value is -3.93. The quantitative estimate of drug-likeness (QED) is 0.226. The van der Waals surface area contributed by atoms with Crippen molar-refractivity contribution in [3.63, 3.8) is 0 Å². The van der Waals surface area contributed by atoms with Crippen LogP contribution in [-0.4, -0.2) is 52.0 Å². The van der Waals surface area contributed by atoms with E-state index in [0.29, 0.717) is 5.57 Å². The molecule has 3 heterocycles. The Morgan fingerprint density at radius 3 is 2.27 bits per heavy atom. The van der Waals surface area contributed by atoms with Crippen molar-refractivity contribution in [1.82, 2.24) is 10.2 Å². The van der Waals surface area contributed by atoms with Gasteiger partial charge >= 0.3 is 11.9 Å². The lowest BCUT2D eigenvalue weighted by molar-refractivity contribution is -0.161. The van der Waals surface area contributed by atoms with E-state index in [2.05, 4.69) is 5.32 Å². The second kappa shape index (κ2) is 11.7. The van der Waals surface area contributed by atoms with Crippen LogP contribution in [0.25, 0.3) is 0 Å². The number of carbonyl (C=O) groups is 4. The van der Waals surface area contributed by atoms with Crippen LogP contribution in [0.5, 0.6) is 0 Å². The number of thiophene rings is 1. The molecule has 0 radical (unpaired) electrons. The van der Waals surface area contributed by atoms with E-state index in [9.17, 15) is 19.2 Å². The molecule has 1 fully saturated rings. The van der Waals surface area contributed by atoms with Crippen molar-refractivity contribution in [2.24, 2.45) is 5.73 Å². The third-order valence-corrected chi connectivity index (χ3v) is 8.81. The SMILES string of the molecule is CC(=O)OCC1=C(C(=O)OC(c2ccccc2)c2ccccc2)N2C(=O)[C@](N)(NC(=O)Cc3cccs3)[C@H]2SC1. The number of nitrogens with two attached hydrogens (primary N) is 1. The lowest BCUT2D eigenvalue weighted by atomic mass is 9.95. The van der Waals surface area contributed by atoms with E-state index in [0.717, 1.165) is 16.0 Å². The van der Waals surface area contributed by atoms with Gasteiger partial charge in [-0.15, -0.1) is 23.1 Å². The average molecular weight is 578 g/mol. The Labute approximate surface area is 239 Å². The predicted molar refractivity (Wildman–Crippen MR) is 151 cm³/mol. The molecule has 0 aliphatic carbocycles. The van der Waals surface area contributed by atoms with Gasteiger partial charge in [-0.25, -0.2) is 4.79 Å². The summed E-state index contributed by atoms with van der Waals surface area (Å²) in [5.41, 5.74) is 6.63. The van der Waals surface area contributed by atoms with E-state index in [1.165, 1.54) is 34.9 Å². The molecule has 2 atom stereocenters. The summed E-state index contributed by atoms with van der Waals surface area (Å²) in [6.07, 6.45) is -0.672. The zero-order valence-corrected chi connectivity index (χ0v) is 23.2. The number of rotatable bonds is 9. The number of benzene rings is 2. The number of amides is 2. The molecule has 40 heavy (non-hydrogen) atoms. The molecule has 2 aliphatic heterocycles. The van der Waals surface area contributed by atoms with E-state index >= 15 is 0 Å². The summed E-state index contributed by atoms with van der Waals surface area (Å²) in [5.74, 6) is -2.08. The highest BCUT2D eigenvalue weighted by molar-refractivity contribution is 8.00. The van der Waals surface area contributed by atoms with Crippen molar-refractivity contribution in [2.45, 2.75) is 30.5 Å². The summed E-state index contributed by atoms with van der Waals surface area (Å²) in [7, 11) is 0. The minimum Gasteiger partial charge on any atom is -0.461 e. The standard InChI is InChI=1S/C29H27N3O6S2/c1-18(33)37-16-21-17-40-28-29(30,31-23(34)15-22-13-8-14-39-22)27(36)32(28)24(21)26(35)38-25(19-9-4-2-5-10-19)20-11-6-3-7-12-20/h2-14,25,28H,15-17,30H2,1H3,(H,31,34)/t28-,29+/m1/s1. The molecule has 3 N–H and O–H groups in total. The second-order valence-electron chi connectivity index (χ2n) is 9.35. The summed E-state index contributed by atoms with van der Waals surface area (Å²) in [6, 6.07) is 22.2. The Morgan fingerprint density at radius 2 is 1.70 bits per heavy atom. The van der Waals surface area contributed by atoms with Crippen molar-refractivity contribution in [2.75, 3.05) is 12.4 Å². The molecular formula is C29H27N3O6S2. The fraction of sp³-hybridized carbons (Fsp3) is 0.241. The smallest absolute Gasteiger partial charge is 0.356 e. The van der Waals surface area contributed by atoms with Crippen LogP contribution in [0.2, 0.25) is 0 Å². The molecule has 1 aromatic heterocycles. The van der Waals surface area contributed by atoms with Gasteiger partial charge in [0.2, 0.25) is 11.6 Å². The molecule has 0 bridgehead atoms. The van der Waals surface area contributed by atoms with E-state index in [1.54, 1.807) is 0 Å². The zero-order valence-electron chi connectivity index (χ0n) is 21.6. The van der Waals surface area contributed by atoms with Crippen molar-refractivity contribution in [3.05, 3.63) is 105 Å². The van der Waals surface area contributed by atoms with Crippen molar-refractivity contribution in [1.29, 1.82) is 0 Å². The first-order chi connectivity index (χ1) is 19.3. The molecule has 3 aromatic rings. The van der Waals surface area contributed by atoms with Gasteiger partial charge in [0.25, 0.3) is 5.91 Å². The fourth-order valence-electron chi connectivity index (χ4n) is 4.64. The topological polar surface area (TPSA) is 128 Å². The normalized spacial score (nSPS) is 20.0. The summed E-state index contributed by atoms with van der Waals surface area (Å²) < 4.78 is 11.3. The van der Waals surface area contributed by atoms with Gasteiger partial charge in [-0.2, -0.15) is 0 Å². The molecule has 2 amide bonds. The Bertz CT molecular complexity index is 1410. The van der Waals surface area contributed by atoms with Crippen LogP contribution in [0, 0.1) is 0 Å². The predicted octanol–water partition coefficient (Wildman–Crippen LogP) is 3.13. The number of ether oxygens (including phenoxy) is 2. The zero-order chi connectivity index (χ0) is 28.3. The van der Waals surface area contributed by atoms with Crippen LogP contribution >= 0.6 is 23.1 Å². The average Bonchev–Trinajstić information content (AvgIpc) is 3.47. The first-order valence-corrected chi connectivity index (χ1v) is 14.4. The van der Waals surface area contributed by atoms with Crippen LogP contribution in [-0.2, 0) is 35.1 Å². The highest BCUT2D eigenvalue weighted by Gasteiger charge is 2.64. The molecule has 2 aromatic carbocycles. The molecule has 1 saturated heterocycles. The summed E-state index contributed by atoms with van der Waals surface area (Å²) in [6.45, 7) is 1.08. The van der Waals surface area contributed by atoms with Crippen molar-refractivity contribution >= 4 is 46.9 Å². The highest BCUT2D eigenvalue weighted by atomic mass is 32.2. The second-order valence-corrected chi connectivity index (χ2v) is 11.5. The fourth-order valence-corrected chi connectivity index (χ4v) is 6.70. The number of β-lactam (4-membered cyclic amide) rings is 1. The largest absolute Gasteiger partial charge is 0.461 e. The summed E-state index contributed by atoms with van der Waals surface area (Å²) in [4.78, 5) is 53.7. The lowest BCUT2D eigenvalue weighted by Gasteiger charge is -2.55. The van der Waals surface area contributed by atoms with E-state index in [1.807, 2.05) is 78.2 Å². The molecule has 2 aliphatic rings. The Morgan fingerprint density at radius 1 is 1.05 bits per heavy atom.